The molecular formula is C26H20N4. The molecule has 1 aliphatic heterocycles. The first-order chi connectivity index (χ1) is 14.9. The van der Waals surface area contributed by atoms with E-state index in [-0.39, 0.29) is 0 Å². The lowest BCUT2D eigenvalue weighted by molar-refractivity contribution is 0.274. The Labute approximate surface area is 175 Å². The van der Waals surface area contributed by atoms with Crippen molar-refractivity contribution in [3.05, 3.63) is 144 Å². The first-order valence-electron chi connectivity index (χ1n) is 9.94. The molecule has 4 aromatic rings. The summed E-state index contributed by atoms with van der Waals surface area (Å²) in [4.78, 5) is 0. The Balaban J connectivity index is 1.95. The van der Waals surface area contributed by atoms with Crippen LogP contribution in [0, 0.1) is 0 Å². The van der Waals surface area contributed by atoms with Crippen LogP contribution in [-0.2, 0) is 11.1 Å². The van der Waals surface area contributed by atoms with Gasteiger partial charge in [0.05, 0.1) is 0 Å². The Morgan fingerprint density at radius 3 is 0.800 bits per heavy atom. The van der Waals surface area contributed by atoms with Crippen LogP contribution in [0.1, 0.15) is 22.3 Å². The summed E-state index contributed by atoms with van der Waals surface area (Å²) in [6, 6.07) is 41.0. The quantitative estimate of drug-likeness (QED) is 0.373. The summed E-state index contributed by atoms with van der Waals surface area (Å²) >= 11 is 0. The Kier molecular flexibility index (Phi) is 4.52. The molecule has 0 spiro atoms. The lowest BCUT2D eigenvalue weighted by Crippen LogP contribution is -2.49. The van der Waals surface area contributed by atoms with Crippen LogP contribution in [0.5, 0.6) is 0 Å². The van der Waals surface area contributed by atoms with Crippen molar-refractivity contribution < 1.29 is 0 Å². The van der Waals surface area contributed by atoms with Crippen LogP contribution in [0.3, 0.4) is 0 Å². The van der Waals surface area contributed by atoms with Crippen LogP contribution >= 0.6 is 0 Å². The second-order valence-electron chi connectivity index (χ2n) is 7.26. The van der Waals surface area contributed by atoms with E-state index in [0.29, 0.717) is 0 Å². The highest BCUT2D eigenvalue weighted by molar-refractivity contribution is 5.54. The first kappa shape index (κ1) is 18.1. The highest BCUT2D eigenvalue weighted by Crippen LogP contribution is 2.56. The molecule has 0 saturated heterocycles. The average molecular weight is 388 g/mol. The van der Waals surface area contributed by atoms with Gasteiger partial charge < -0.3 is 0 Å². The summed E-state index contributed by atoms with van der Waals surface area (Å²) in [5.41, 5.74) is 2.19. The van der Waals surface area contributed by atoms with Crippen LogP contribution in [0.4, 0.5) is 0 Å². The van der Waals surface area contributed by atoms with Crippen molar-refractivity contribution in [2.24, 2.45) is 20.7 Å². The predicted octanol–water partition coefficient (Wildman–Crippen LogP) is 6.71. The van der Waals surface area contributed by atoms with E-state index >= 15 is 0 Å². The lowest BCUT2D eigenvalue weighted by Gasteiger charge is -2.46. The maximum absolute atomic E-state index is 4.87. The summed E-state index contributed by atoms with van der Waals surface area (Å²) in [5, 5.41) is 18.0. The van der Waals surface area contributed by atoms with Gasteiger partial charge in [-0.15, -0.1) is 10.2 Å². The number of hydrogen-bond acceptors (Lipinski definition) is 4. The molecule has 0 N–H and O–H groups in total. The minimum absolute atomic E-state index is 0.917. The molecule has 0 aromatic heterocycles. The van der Waals surface area contributed by atoms with E-state index in [1.807, 2.05) is 72.8 Å². The molecule has 0 aliphatic carbocycles. The van der Waals surface area contributed by atoms with Crippen molar-refractivity contribution >= 4 is 0 Å². The zero-order valence-corrected chi connectivity index (χ0v) is 16.3. The second-order valence-corrected chi connectivity index (χ2v) is 7.26. The van der Waals surface area contributed by atoms with Gasteiger partial charge in [0.1, 0.15) is 0 Å². The predicted molar refractivity (Wildman–Crippen MR) is 117 cm³/mol. The highest BCUT2D eigenvalue weighted by Gasteiger charge is 2.59. The molecule has 0 bridgehead atoms. The van der Waals surface area contributed by atoms with Crippen LogP contribution in [0.15, 0.2) is 142 Å². The van der Waals surface area contributed by atoms with E-state index in [4.69, 9.17) is 10.2 Å². The summed E-state index contributed by atoms with van der Waals surface area (Å²) in [6.45, 7) is 0. The fourth-order valence-corrected chi connectivity index (χ4v) is 4.44. The molecule has 0 amide bonds. The first-order valence-corrected chi connectivity index (χ1v) is 9.94. The third kappa shape index (κ3) is 2.61. The molecule has 0 saturated carbocycles. The molecule has 4 nitrogen and oxygen atoms in total. The van der Waals surface area contributed by atoms with E-state index in [2.05, 4.69) is 59.0 Å². The van der Waals surface area contributed by atoms with Crippen LogP contribution < -0.4 is 0 Å². The van der Waals surface area contributed by atoms with Gasteiger partial charge in [0.15, 0.2) is 11.1 Å². The smallest absolute Gasteiger partial charge is 0.147 e. The van der Waals surface area contributed by atoms with E-state index in [0.717, 1.165) is 22.3 Å². The van der Waals surface area contributed by atoms with Gasteiger partial charge in [-0.05, 0) is 32.7 Å². The molecule has 4 heteroatoms. The van der Waals surface area contributed by atoms with Crippen LogP contribution in [-0.4, -0.2) is 0 Å². The molecule has 0 unspecified atom stereocenters. The average Bonchev–Trinajstić information content (AvgIpc) is 2.86. The Morgan fingerprint density at radius 2 is 0.567 bits per heavy atom. The van der Waals surface area contributed by atoms with Gasteiger partial charge >= 0.3 is 0 Å². The molecule has 30 heavy (non-hydrogen) atoms. The second kappa shape index (κ2) is 7.48. The summed E-state index contributed by atoms with van der Waals surface area (Å²) in [7, 11) is 0. The minimum atomic E-state index is -0.917. The fourth-order valence-electron chi connectivity index (χ4n) is 4.44. The normalized spacial score (nSPS) is 16.3. The van der Waals surface area contributed by atoms with E-state index in [9.17, 15) is 0 Å². The van der Waals surface area contributed by atoms with Crippen LogP contribution in [0.2, 0.25) is 0 Å². The van der Waals surface area contributed by atoms with Crippen molar-refractivity contribution in [3.8, 4) is 0 Å². The van der Waals surface area contributed by atoms with Crippen molar-refractivity contribution in [2.75, 3.05) is 0 Å². The molecule has 1 aliphatic rings. The van der Waals surface area contributed by atoms with Gasteiger partial charge in [0.25, 0.3) is 0 Å². The summed E-state index contributed by atoms with van der Waals surface area (Å²) in [5.74, 6) is 0. The third-order valence-electron chi connectivity index (χ3n) is 5.72. The van der Waals surface area contributed by atoms with E-state index in [1.54, 1.807) is 0 Å². The lowest BCUT2D eigenvalue weighted by atomic mass is 9.62. The number of rotatable bonds is 4. The molecule has 0 fully saturated rings. The van der Waals surface area contributed by atoms with Gasteiger partial charge in [0, 0.05) is 0 Å². The van der Waals surface area contributed by atoms with Gasteiger partial charge in [-0.25, -0.2) is 0 Å². The topological polar surface area (TPSA) is 49.4 Å². The van der Waals surface area contributed by atoms with Crippen molar-refractivity contribution in [1.29, 1.82) is 0 Å². The van der Waals surface area contributed by atoms with Crippen molar-refractivity contribution in [2.45, 2.75) is 11.1 Å². The Morgan fingerprint density at radius 1 is 0.333 bits per heavy atom. The summed E-state index contributed by atoms with van der Waals surface area (Å²) < 4.78 is 0. The molecule has 144 valence electrons. The maximum Gasteiger partial charge on any atom is 0.169 e. The monoisotopic (exact) mass is 388 g/mol. The van der Waals surface area contributed by atoms with Gasteiger partial charge in [0.2, 0.25) is 0 Å². The SMILES string of the molecule is c1ccc(C2(c3ccccc3)N=NN=NC2(c2ccccc2)c2ccccc2)cc1. The summed E-state index contributed by atoms with van der Waals surface area (Å²) in [6.07, 6.45) is 0. The largest absolute Gasteiger partial charge is 0.169 e. The zero-order chi connectivity index (χ0) is 20.3. The zero-order valence-electron chi connectivity index (χ0n) is 16.3. The standard InChI is InChI=1S/C26H20N4/c1-5-13-21(14-6-1)25(22-15-7-2-8-16-22)26(28-30-29-27-25,23-17-9-3-10-18-23)24-19-11-4-12-20-24/h1-20H. The van der Waals surface area contributed by atoms with Gasteiger partial charge in [-0.1, -0.05) is 121 Å². The molecule has 5 rings (SSSR count). The molecule has 1 heterocycles. The van der Waals surface area contributed by atoms with Crippen molar-refractivity contribution in [3.63, 3.8) is 0 Å². The molecule has 4 aromatic carbocycles. The highest BCUT2D eigenvalue weighted by atomic mass is 15.5. The molecule has 0 atom stereocenters. The Bertz CT molecular complexity index is 995. The van der Waals surface area contributed by atoms with E-state index in [1.165, 1.54) is 0 Å². The number of benzene rings is 4. The number of hydrogen-bond donors (Lipinski definition) is 0. The van der Waals surface area contributed by atoms with Gasteiger partial charge in [-0.3, -0.25) is 0 Å². The number of nitrogens with zero attached hydrogens (tertiary/aromatic N) is 4. The van der Waals surface area contributed by atoms with E-state index < -0.39 is 11.1 Å². The maximum atomic E-state index is 4.87. The molecule has 0 radical (unpaired) electrons. The Hall–Kier alpha value is -3.92. The van der Waals surface area contributed by atoms with Crippen molar-refractivity contribution in [1.82, 2.24) is 0 Å². The molecular weight excluding hydrogens is 368 g/mol. The third-order valence-corrected chi connectivity index (χ3v) is 5.72. The van der Waals surface area contributed by atoms with Crippen LogP contribution in [0.25, 0.3) is 0 Å². The fraction of sp³-hybridized carbons (Fsp3) is 0.0769. The van der Waals surface area contributed by atoms with Gasteiger partial charge in [-0.2, -0.15) is 0 Å². The minimum Gasteiger partial charge on any atom is -0.147 e.